The number of aryl methyl sites for hydroxylation is 1. The Balaban J connectivity index is 1.59. The molecule has 7 nitrogen and oxygen atoms in total. The summed E-state index contributed by atoms with van der Waals surface area (Å²) in [6.45, 7) is 0. The quantitative estimate of drug-likeness (QED) is 0.361. The summed E-state index contributed by atoms with van der Waals surface area (Å²) in [5.41, 5.74) is 3.17. The van der Waals surface area contributed by atoms with Crippen molar-refractivity contribution in [3.8, 4) is 0 Å². The second-order valence-corrected chi connectivity index (χ2v) is 7.97. The molecule has 0 spiro atoms. The minimum Gasteiger partial charge on any atom is -0.303 e. The van der Waals surface area contributed by atoms with Crippen LogP contribution in [0.3, 0.4) is 0 Å². The zero-order valence-corrected chi connectivity index (χ0v) is 17.9. The Kier molecular flexibility index (Phi) is 6.91. The van der Waals surface area contributed by atoms with Crippen molar-refractivity contribution in [2.75, 3.05) is 0 Å². The zero-order chi connectivity index (χ0) is 21.7. The van der Waals surface area contributed by atoms with Gasteiger partial charge in [0.2, 0.25) is 0 Å². The van der Waals surface area contributed by atoms with E-state index in [1.165, 1.54) is 31.1 Å². The normalized spacial score (nSPS) is 11.0. The lowest BCUT2D eigenvalue weighted by Gasteiger charge is -2.05. The smallest absolute Gasteiger partial charge is 0.303 e. The van der Waals surface area contributed by atoms with Crippen LogP contribution < -0.4 is 16.7 Å². The number of hydrogen-bond acceptors (Lipinski definition) is 5. The number of aromatic nitrogens is 2. The first-order valence-corrected chi connectivity index (χ1v) is 10.3. The zero-order valence-electron chi connectivity index (χ0n) is 16.3. The summed E-state index contributed by atoms with van der Waals surface area (Å²) >= 11 is 7.56. The molecule has 0 aliphatic heterocycles. The molecule has 3 aromatic rings. The van der Waals surface area contributed by atoms with Gasteiger partial charge in [0.1, 0.15) is 0 Å². The first kappa shape index (κ1) is 21.6. The fourth-order valence-electron chi connectivity index (χ4n) is 2.60. The van der Waals surface area contributed by atoms with Gasteiger partial charge in [-0.15, -0.1) is 11.8 Å². The fraction of sp³-hybridized carbons (Fsp3) is 0.143. The second kappa shape index (κ2) is 9.60. The van der Waals surface area contributed by atoms with Crippen molar-refractivity contribution < 1.29 is 4.79 Å². The van der Waals surface area contributed by atoms with E-state index in [2.05, 4.69) is 10.5 Å². The number of hydrazone groups is 1. The lowest BCUT2D eigenvalue weighted by atomic mass is 10.1. The molecule has 0 atom stereocenters. The number of carbonyl (C=O) groups excluding carboxylic acids is 1. The summed E-state index contributed by atoms with van der Waals surface area (Å²) in [7, 11) is 2.91. The van der Waals surface area contributed by atoms with Crippen LogP contribution in [0.4, 0.5) is 0 Å². The molecule has 9 heteroatoms. The number of hydrogen-bond donors (Lipinski definition) is 1. The highest BCUT2D eigenvalue weighted by Gasteiger charge is 2.07. The average Bonchev–Trinajstić information content (AvgIpc) is 2.75. The van der Waals surface area contributed by atoms with Crippen molar-refractivity contribution in [3.05, 3.63) is 97.3 Å². The molecule has 30 heavy (non-hydrogen) atoms. The molecule has 1 aromatic heterocycles. The van der Waals surface area contributed by atoms with Crippen LogP contribution in [-0.2, 0) is 19.8 Å². The maximum Gasteiger partial charge on any atom is 0.330 e. The van der Waals surface area contributed by atoms with Crippen LogP contribution in [-0.4, -0.2) is 21.3 Å². The lowest BCUT2D eigenvalue weighted by molar-refractivity contribution is 0.0955. The van der Waals surface area contributed by atoms with Gasteiger partial charge >= 0.3 is 5.69 Å². The molecular formula is C21H19ClN4O3S. The molecule has 0 aliphatic carbocycles. The molecule has 154 valence electrons. The molecule has 1 N–H and O–H groups in total. The van der Waals surface area contributed by atoms with Gasteiger partial charge in [-0.3, -0.25) is 14.2 Å². The Morgan fingerprint density at radius 1 is 1.10 bits per heavy atom. The van der Waals surface area contributed by atoms with Gasteiger partial charge in [-0.1, -0.05) is 23.7 Å². The highest BCUT2D eigenvalue weighted by Crippen LogP contribution is 2.24. The summed E-state index contributed by atoms with van der Waals surface area (Å²) in [4.78, 5) is 37.1. The maximum absolute atomic E-state index is 12.2. The van der Waals surface area contributed by atoms with Crippen LogP contribution in [0, 0.1) is 0 Å². The van der Waals surface area contributed by atoms with Crippen LogP contribution in [0.5, 0.6) is 0 Å². The van der Waals surface area contributed by atoms with E-state index in [4.69, 9.17) is 11.6 Å². The van der Waals surface area contributed by atoms with Crippen LogP contribution in [0.15, 0.2) is 74.3 Å². The average molecular weight is 443 g/mol. The largest absolute Gasteiger partial charge is 0.330 e. The number of halogens is 1. The van der Waals surface area contributed by atoms with E-state index in [1.807, 2.05) is 36.4 Å². The molecule has 0 unspecified atom stereocenters. The number of benzene rings is 2. The number of thioether (sulfide) groups is 1. The predicted molar refractivity (Wildman–Crippen MR) is 119 cm³/mol. The van der Waals surface area contributed by atoms with Gasteiger partial charge in [0.15, 0.2) is 0 Å². The van der Waals surface area contributed by atoms with Gasteiger partial charge in [-0.05, 0) is 42.0 Å². The Bertz CT molecular complexity index is 1200. The molecule has 0 saturated carbocycles. The third kappa shape index (κ3) is 5.28. The van der Waals surface area contributed by atoms with Gasteiger partial charge in [-0.2, -0.15) is 5.10 Å². The predicted octanol–water partition coefficient (Wildman–Crippen LogP) is 2.79. The van der Waals surface area contributed by atoms with Crippen molar-refractivity contribution in [1.29, 1.82) is 0 Å². The molecule has 1 amide bonds. The summed E-state index contributed by atoms with van der Waals surface area (Å²) < 4.78 is 2.25. The highest BCUT2D eigenvalue weighted by molar-refractivity contribution is 7.98. The van der Waals surface area contributed by atoms with Crippen molar-refractivity contribution in [1.82, 2.24) is 14.6 Å². The van der Waals surface area contributed by atoms with Crippen LogP contribution in [0.2, 0.25) is 5.02 Å². The molecule has 0 bridgehead atoms. The van der Waals surface area contributed by atoms with E-state index >= 15 is 0 Å². The summed E-state index contributed by atoms with van der Waals surface area (Å²) in [6, 6.07) is 14.8. The first-order valence-electron chi connectivity index (χ1n) is 8.92. The summed E-state index contributed by atoms with van der Waals surface area (Å²) in [5, 5.41) is 4.53. The lowest BCUT2D eigenvalue weighted by Crippen LogP contribution is -2.38. The monoisotopic (exact) mass is 442 g/mol. The van der Waals surface area contributed by atoms with Crippen LogP contribution >= 0.6 is 23.4 Å². The number of nitrogens with one attached hydrogen (secondary N) is 1. The van der Waals surface area contributed by atoms with E-state index < -0.39 is 17.2 Å². The van der Waals surface area contributed by atoms with Gasteiger partial charge in [0.25, 0.3) is 11.5 Å². The molecule has 0 radical (unpaired) electrons. The molecule has 0 fully saturated rings. The summed E-state index contributed by atoms with van der Waals surface area (Å²) in [5.74, 6) is 0.363. The second-order valence-electron chi connectivity index (χ2n) is 6.48. The van der Waals surface area contributed by atoms with E-state index in [0.717, 1.165) is 20.8 Å². The maximum atomic E-state index is 12.2. The fourth-order valence-corrected chi connectivity index (χ4v) is 3.58. The minimum atomic E-state index is -0.487. The van der Waals surface area contributed by atoms with Gasteiger partial charge in [0, 0.05) is 41.5 Å². The van der Waals surface area contributed by atoms with Gasteiger partial charge in [-0.25, -0.2) is 10.2 Å². The molecular weight excluding hydrogens is 424 g/mol. The van der Waals surface area contributed by atoms with Gasteiger partial charge < -0.3 is 4.57 Å². The number of nitrogens with zero attached hydrogens (tertiary/aromatic N) is 3. The van der Waals surface area contributed by atoms with Gasteiger partial charge in [0.05, 0.1) is 11.8 Å². The third-order valence-corrected chi connectivity index (χ3v) is 5.61. The Morgan fingerprint density at radius 3 is 2.43 bits per heavy atom. The van der Waals surface area contributed by atoms with E-state index in [0.29, 0.717) is 10.6 Å². The van der Waals surface area contributed by atoms with Crippen molar-refractivity contribution >= 4 is 35.5 Å². The van der Waals surface area contributed by atoms with Crippen molar-refractivity contribution in [3.63, 3.8) is 0 Å². The van der Waals surface area contributed by atoms with Crippen molar-refractivity contribution in [2.24, 2.45) is 19.2 Å². The molecule has 0 saturated heterocycles. The number of carbonyl (C=O) groups is 1. The topological polar surface area (TPSA) is 85.5 Å². The standard InChI is InChI=1S/C21H19ClN4O3S/c1-25-12-16(20(28)26(2)21(25)29)11-23-24-19(27)15-5-3-14(4-6-15)13-30-18-9-7-17(22)8-10-18/h3-12H,13H2,1-2H3,(H,24,27). The Labute approximate surface area is 182 Å². The van der Waals surface area contributed by atoms with Crippen LogP contribution in [0.25, 0.3) is 0 Å². The minimum absolute atomic E-state index is 0.189. The van der Waals surface area contributed by atoms with Crippen molar-refractivity contribution in [2.45, 2.75) is 10.6 Å². The Hall–Kier alpha value is -3.10. The molecule has 2 aromatic carbocycles. The molecule has 3 rings (SSSR count). The van der Waals surface area contributed by atoms with E-state index in [-0.39, 0.29) is 5.56 Å². The molecule has 1 heterocycles. The Morgan fingerprint density at radius 2 is 1.77 bits per heavy atom. The highest BCUT2D eigenvalue weighted by atomic mass is 35.5. The first-order chi connectivity index (χ1) is 14.3. The number of amides is 1. The van der Waals surface area contributed by atoms with E-state index in [9.17, 15) is 14.4 Å². The molecule has 0 aliphatic rings. The SMILES string of the molecule is Cn1cc(C=NNC(=O)c2ccc(CSc3ccc(Cl)cc3)cc2)c(=O)n(C)c1=O. The van der Waals surface area contributed by atoms with Crippen LogP contribution in [0.1, 0.15) is 21.5 Å². The van der Waals surface area contributed by atoms with E-state index in [1.54, 1.807) is 23.9 Å². The third-order valence-electron chi connectivity index (χ3n) is 4.28. The summed E-state index contributed by atoms with van der Waals surface area (Å²) in [6.07, 6.45) is 2.59. The number of rotatable bonds is 6.